The van der Waals surface area contributed by atoms with E-state index in [1.54, 1.807) is 12.1 Å². The quantitative estimate of drug-likeness (QED) is 0.248. The number of aryl methyl sites for hydroxylation is 1. The predicted molar refractivity (Wildman–Crippen MR) is 129 cm³/mol. The molecule has 3 aromatic carbocycles. The molecule has 9 heteroatoms. The van der Waals surface area contributed by atoms with Crippen molar-refractivity contribution in [3.05, 3.63) is 93.3 Å². The van der Waals surface area contributed by atoms with Crippen LogP contribution in [0.25, 0.3) is 16.5 Å². The average Bonchev–Trinajstić information content (AvgIpc) is 3.10. The molecular weight excluding hydrogens is 436 g/mol. The van der Waals surface area contributed by atoms with Crippen LogP contribution in [0.4, 0.5) is 5.69 Å². The number of carbonyl (C=O) groups is 1. The maximum atomic E-state index is 12.6. The highest BCUT2D eigenvalue weighted by Gasteiger charge is 2.18. The predicted octanol–water partition coefficient (Wildman–Crippen LogP) is 4.63. The first-order valence-electron chi connectivity index (χ1n) is 10.4. The number of hydrazone groups is 1. The lowest BCUT2D eigenvalue weighted by molar-refractivity contribution is -0.384. The summed E-state index contributed by atoms with van der Waals surface area (Å²) < 4.78 is 7.22. The maximum Gasteiger partial charge on any atom is 0.275 e. The van der Waals surface area contributed by atoms with Crippen molar-refractivity contribution in [3.8, 4) is 17.2 Å². The number of amides is 1. The summed E-state index contributed by atoms with van der Waals surface area (Å²) in [7, 11) is 1.50. The van der Waals surface area contributed by atoms with E-state index in [4.69, 9.17) is 4.74 Å². The SMILES string of the molecule is COc1ccc([N+](=O)[O-])cc1-n1c(C)cc(C=NNC(=O)c2cc3ccccc3cc2O)c1C. The molecular formula is C25H22N4O5. The Morgan fingerprint density at radius 3 is 2.50 bits per heavy atom. The smallest absolute Gasteiger partial charge is 0.275 e. The lowest BCUT2D eigenvalue weighted by Crippen LogP contribution is -2.17. The van der Waals surface area contributed by atoms with E-state index in [2.05, 4.69) is 10.5 Å². The van der Waals surface area contributed by atoms with Crippen LogP contribution in [-0.2, 0) is 0 Å². The van der Waals surface area contributed by atoms with E-state index in [-0.39, 0.29) is 17.0 Å². The number of benzene rings is 3. The van der Waals surface area contributed by atoms with Crippen molar-refractivity contribution in [2.24, 2.45) is 5.10 Å². The Bertz CT molecular complexity index is 1460. The van der Waals surface area contributed by atoms with Gasteiger partial charge in [-0.25, -0.2) is 5.43 Å². The highest BCUT2D eigenvalue weighted by atomic mass is 16.6. The van der Waals surface area contributed by atoms with Gasteiger partial charge in [0, 0.05) is 29.1 Å². The van der Waals surface area contributed by atoms with Crippen LogP contribution < -0.4 is 10.2 Å². The van der Waals surface area contributed by atoms with Crippen molar-refractivity contribution in [1.29, 1.82) is 0 Å². The van der Waals surface area contributed by atoms with Crippen molar-refractivity contribution in [1.82, 2.24) is 9.99 Å². The first kappa shape index (κ1) is 22.5. The van der Waals surface area contributed by atoms with Crippen LogP contribution in [0.3, 0.4) is 0 Å². The molecule has 0 radical (unpaired) electrons. The van der Waals surface area contributed by atoms with Crippen LogP contribution in [0.15, 0.2) is 65.8 Å². The molecule has 0 saturated heterocycles. The third-order valence-electron chi connectivity index (χ3n) is 5.56. The molecule has 0 bridgehead atoms. The zero-order valence-electron chi connectivity index (χ0n) is 18.8. The van der Waals surface area contributed by atoms with Gasteiger partial charge >= 0.3 is 0 Å². The third-order valence-corrected chi connectivity index (χ3v) is 5.56. The number of non-ortho nitro benzene ring substituents is 1. The number of nitrogens with one attached hydrogen (secondary N) is 1. The molecule has 4 aromatic rings. The number of nitro benzene ring substituents is 1. The van der Waals surface area contributed by atoms with E-state index in [1.165, 1.54) is 31.5 Å². The summed E-state index contributed by atoms with van der Waals surface area (Å²) in [5, 5.41) is 27.2. The van der Waals surface area contributed by atoms with Crippen LogP contribution >= 0.6 is 0 Å². The summed E-state index contributed by atoms with van der Waals surface area (Å²) in [5.41, 5.74) is 5.28. The number of carbonyl (C=O) groups excluding carboxylic acids is 1. The van der Waals surface area contributed by atoms with Gasteiger partial charge in [0.15, 0.2) is 0 Å². The van der Waals surface area contributed by atoms with Gasteiger partial charge in [0.05, 0.1) is 29.5 Å². The molecule has 0 aliphatic carbocycles. The molecule has 1 heterocycles. The molecule has 0 aliphatic heterocycles. The zero-order valence-corrected chi connectivity index (χ0v) is 18.8. The number of fused-ring (bicyclic) bond motifs is 1. The third kappa shape index (κ3) is 4.18. The Kier molecular flexibility index (Phi) is 6.01. The molecule has 9 nitrogen and oxygen atoms in total. The van der Waals surface area contributed by atoms with Crippen LogP contribution in [0.5, 0.6) is 11.5 Å². The van der Waals surface area contributed by atoms with Crippen LogP contribution in [0, 0.1) is 24.0 Å². The Morgan fingerprint density at radius 2 is 1.82 bits per heavy atom. The number of hydrogen-bond acceptors (Lipinski definition) is 6. The minimum atomic E-state index is -0.548. The zero-order chi connectivity index (χ0) is 24.4. The van der Waals surface area contributed by atoms with Gasteiger partial charge in [-0.3, -0.25) is 14.9 Å². The lowest BCUT2D eigenvalue weighted by Gasteiger charge is -2.13. The fraction of sp³-hybridized carbons (Fsp3) is 0.120. The van der Waals surface area contributed by atoms with Gasteiger partial charge in [0.1, 0.15) is 11.5 Å². The molecule has 0 aliphatic rings. The summed E-state index contributed by atoms with van der Waals surface area (Å²) in [6, 6.07) is 16.8. The maximum absolute atomic E-state index is 12.6. The fourth-order valence-electron chi connectivity index (χ4n) is 3.89. The normalized spacial score (nSPS) is 11.1. The minimum absolute atomic E-state index is 0.0547. The van der Waals surface area contributed by atoms with Gasteiger partial charge < -0.3 is 14.4 Å². The van der Waals surface area contributed by atoms with E-state index >= 15 is 0 Å². The number of phenols is 1. The second-order valence-electron chi connectivity index (χ2n) is 7.69. The van der Waals surface area contributed by atoms with Crippen LogP contribution in [0.2, 0.25) is 0 Å². The van der Waals surface area contributed by atoms with Crippen molar-refractivity contribution < 1.29 is 19.6 Å². The Labute approximate surface area is 195 Å². The number of nitro groups is 1. The van der Waals surface area contributed by atoms with Crippen molar-refractivity contribution in [3.63, 3.8) is 0 Å². The van der Waals surface area contributed by atoms with Crippen LogP contribution in [0.1, 0.15) is 27.3 Å². The number of hydrogen-bond donors (Lipinski definition) is 2. The Hall–Kier alpha value is -4.66. The molecule has 34 heavy (non-hydrogen) atoms. The highest BCUT2D eigenvalue weighted by Crippen LogP contribution is 2.31. The number of methoxy groups -OCH3 is 1. The molecule has 0 spiro atoms. The van der Waals surface area contributed by atoms with E-state index in [0.29, 0.717) is 17.0 Å². The second kappa shape index (κ2) is 9.07. The molecule has 1 aromatic heterocycles. The van der Waals surface area contributed by atoms with Gasteiger partial charge in [0.2, 0.25) is 0 Å². The number of nitrogens with zero attached hydrogens (tertiary/aromatic N) is 3. The molecule has 1 amide bonds. The summed E-state index contributed by atoms with van der Waals surface area (Å²) in [4.78, 5) is 23.4. The van der Waals surface area contributed by atoms with E-state index < -0.39 is 10.8 Å². The molecule has 0 unspecified atom stereocenters. The van der Waals surface area contributed by atoms with Crippen molar-refractivity contribution in [2.45, 2.75) is 13.8 Å². The Morgan fingerprint density at radius 1 is 1.12 bits per heavy atom. The average molecular weight is 458 g/mol. The van der Waals surface area contributed by atoms with Gasteiger partial charge in [-0.2, -0.15) is 5.10 Å². The fourth-order valence-corrected chi connectivity index (χ4v) is 3.89. The standard InChI is InChI=1S/C25H22N4O5/c1-15-10-19(16(2)28(15)22-13-20(29(32)33)8-9-24(22)34-3)14-26-27-25(31)21-11-17-6-4-5-7-18(17)12-23(21)30/h4-14,30H,1-3H3,(H,27,31). The first-order chi connectivity index (χ1) is 16.3. The van der Waals surface area contributed by atoms with E-state index in [1.807, 2.05) is 48.7 Å². The van der Waals surface area contributed by atoms with Crippen molar-refractivity contribution >= 4 is 28.6 Å². The number of rotatable bonds is 6. The molecule has 0 saturated carbocycles. The van der Waals surface area contributed by atoms with Crippen LogP contribution in [-0.4, -0.2) is 33.8 Å². The summed E-state index contributed by atoms with van der Waals surface area (Å²) in [6.07, 6.45) is 1.48. The number of ether oxygens (including phenoxy) is 1. The number of phenolic OH excluding ortho intramolecular Hbond substituents is 1. The monoisotopic (exact) mass is 458 g/mol. The minimum Gasteiger partial charge on any atom is -0.507 e. The lowest BCUT2D eigenvalue weighted by atomic mass is 10.1. The largest absolute Gasteiger partial charge is 0.507 e. The van der Waals surface area contributed by atoms with E-state index in [9.17, 15) is 20.0 Å². The number of aromatic hydroxyl groups is 1. The first-order valence-corrected chi connectivity index (χ1v) is 10.4. The van der Waals surface area contributed by atoms with Gasteiger partial charge in [-0.1, -0.05) is 24.3 Å². The molecule has 0 atom stereocenters. The molecule has 172 valence electrons. The van der Waals surface area contributed by atoms with Gasteiger partial charge in [-0.15, -0.1) is 0 Å². The summed E-state index contributed by atoms with van der Waals surface area (Å²) >= 11 is 0. The second-order valence-corrected chi connectivity index (χ2v) is 7.69. The molecule has 0 fully saturated rings. The molecule has 2 N–H and O–H groups in total. The molecule has 4 rings (SSSR count). The summed E-state index contributed by atoms with van der Waals surface area (Å²) in [5.74, 6) is -0.202. The topological polar surface area (TPSA) is 119 Å². The van der Waals surface area contributed by atoms with Gasteiger partial charge in [0.25, 0.3) is 11.6 Å². The summed E-state index contributed by atoms with van der Waals surface area (Å²) in [6.45, 7) is 3.69. The van der Waals surface area contributed by atoms with Crippen molar-refractivity contribution in [2.75, 3.05) is 7.11 Å². The van der Waals surface area contributed by atoms with E-state index in [0.717, 1.165) is 22.2 Å². The number of aromatic nitrogens is 1. The van der Waals surface area contributed by atoms with Gasteiger partial charge in [-0.05, 0) is 48.9 Å². The Balaban J connectivity index is 1.61. The highest BCUT2D eigenvalue weighted by molar-refractivity contribution is 6.01.